The van der Waals surface area contributed by atoms with Gasteiger partial charge in [-0.1, -0.05) is 0 Å². The fraction of sp³-hybridized carbons (Fsp3) is 1.00. The SMILES string of the molecule is CSCC(C)(O)CNC1CCCN(C(C)C)CC1. The van der Waals surface area contributed by atoms with Gasteiger partial charge in [0.05, 0.1) is 5.60 Å². The standard InChI is InChI=1S/C14H30N2OS/c1-12(2)16-8-5-6-13(7-9-16)15-10-14(3,17)11-18-4/h12-13,15,17H,5-11H2,1-4H3. The van der Waals surface area contributed by atoms with Crippen LogP contribution in [-0.4, -0.2) is 59.3 Å². The molecule has 0 amide bonds. The van der Waals surface area contributed by atoms with Gasteiger partial charge in [-0.05, 0) is 59.4 Å². The van der Waals surface area contributed by atoms with Crippen LogP contribution < -0.4 is 5.32 Å². The van der Waals surface area contributed by atoms with E-state index in [0.29, 0.717) is 18.6 Å². The van der Waals surface area contributed by atoms with Gasteiger partial charge < -0.3 is 15.3 Å². The lowest BCUT2D eigenvalue weighted by atomic mass is 10.1. The Labute approximate surface area is 117 Å². The van der Waals surface area contributed by atoms with E-state index in [0.717, 1.165) is 5.75 Å². The minimum absolute atomic E-state index is 0.571. The fourth-order valence-electron chi connectivity index (χ4n) is 2.57. The maximum absolute atomic E-state index is 10.2. The first-order valence-corrected chi connectivity index (χ1v) is 8.53. The third-order valence-corrected chi connectivity index (χ3v) is 4.63. The van der Waals surface area contributed by atoms with Crippen molar-refractivity contribution in [3.05, 3.63) is 0 Å². The summed E-state index contributed by atoms with van der Waals surface area (Å²) in [5.74, 6) is 0.796. The molecule has 0 aromatic heterocycles. The normalized spacial score (nSPS) is 26.0. The van der Waals surface area contributed by atoms with Crippen molar-refractivity contribution in [1.82, 2.24) is 10.2 Å². The fourth-order valence-corrected chi connectivity index (χ4v) is 3.29. The van der Waals surface area contributed by atoms with Crippen LogP contribution in [0.4, 0.5) is 0 Å². The molecule has 1 aliphatic heterocycles. The van der Waals surface area contributed by atoms with E-state index in [2.05, 4.69) is 24.1 Å². The van der Waals surface area contributed by atoms with E-state index in [1.165, 1.54) is 32.4 Å². The molecule has 1 saturated heterocycles. The van der Waals surface area contributed by atoms with Crippen molar-refractivity contribution in [3.63, 3.8) is 0 Å². The topological polar surface area (TPSA) is 35.5 Å². The lowest BCUT2D eigenvalue weighted by Crippen LogP contribution is -2.44. The summed E-state index contributed by atoms with van der Waals surface area (Å²) in [7, 11) is 0. The Kier molecular flexibility index (Phi) is 6.99. The highest BCUT2D eigenvalue weighted by atomic mass is 32.2. The Morgan fingerprint density at radius 2 is 2.11 bits per heavy atom. The van der Waals surface area contributed by atoms with Crippen molar-refractivity contribution in [2.45, 2.75) is 57.7 Å². The number of nitrogens with one attached hydrogen (secondary N) is 1. The van der Waals surface area contributed by atoms with E-state index in [4.69, 9.17) is 0 Å². The third-order valence-electron chi connectivity index (χ3n) is 3.72. The van der Waals surface area contributed by atoms with Gasteiger partial charge in [0.1, 0.15) is 0 Å². The number of aliphatic hydroxyl groups is 1. The average Bonchev–Trinajstić information content (AvgIpc) is 2.51. The van der Waals surface area contributed by atoms with Crippen LogP contribution in [0.2, 0.25) is 0 Å². The van der Waals surface area contributed by atoms with Crippen molar-refractivity contribution in [1.29, 1.82) is 0 Å². The molecule has 0 aliphatic carbocycles. The minimum Gasteiger partial charge on any atom is -0.388 e. The average molecular weight is 274 g/mol. The molecule has 0 aromatic rings. The van der Waals surface area contributed by atoms with Gasteiger partial charge >= 0.3 is 0 Å². The number of nitrogens with zero attached hydrogens (tertiary/aromatic N) is 1. The highest BCUT2D eigenvalue weighted by Crippen LogP contribution is 2.15. The Morgan fingerprint density at radius 3 is 2.72 bits per heavy atom. The van der Waals surface area contributed by atoms with E-state index in [9.17, 15) is 5.11 Å². The first kappa shape index (κ1) is 16.3. The molecule has 2 atom stereocenters. The van der Waals surface area contributed by atoms with Gasteiger partial charge in [-0.2, -0.15) is 11.8 Å². The van der Waals surface area contributed by atoms with Crippen LogP contribution in [0.25, 0.3) is 0 Å². The Morgan fingerprint density at radius 1 is 1.39 bits per heavy atom. The summed E-state index contributed by atoms with van der Waals surface area (Å²) in [6, 6.07) is 1.23. The lowest BCUT2D eigenvalue weighted by molar-refractivity contribution is 0.0806. The monoisotopic (exact) mass is 274 g/mol. The van der Waals surface area contributed by atoms with Gasteiger partial charge in [-0.15, -0.1) is 0 Å². The Bertz CT molecular complexity index is 234. The highest BCUT2D eigenvalue weighted by Gasteiger charge is 2.23. The van der Waals surface area contributed by atoms with Crippen molar-refractivity contribution >= 4 is 11.8 Å². The predicted octanol–water partition coefficient (Wildman–Crippen LogP) is 1.95. The first-order valence-electron chi connectivity index (χ1n) is 7.13. The molecule has 18 heavy (non-hydrogen) atoms. The summed E-state index contributed by atoms with van der Waals surface area (Å²) in [4.78, 5) is 2.56. The lowest BCUT2D eigenvalue weighted by Gasteiger charge is -2.27. The number of hydrogen-bond acceptors (Lipinski definition) is 4. The molecule has 1 rings (SSSR count). The number of thioether (sulfide) groups is 1. The zero-order valence-corrected chi connectivity index (χ0v) is 13.2. The van der Waals surface area contributed by atoms with Gasteiger partial charge in [0, 0.05) is 24.4 Å². The summed E-state index contributed by atoms with van der Waals surface area (Å²) >= 11 is 1.71. The van der Waals surface area contributed by atoms with Crippen LogP contribution in [0.15, 0.2) is 0 Å². The van der Waals surface area contributed by atoms with Gasteiger partial charge in [0.25, 0.3) is 0 Å². The van der Waals surface area contributed by atoms with E-state index < -0.39 is 5.60 Å². The summed E-state index contributed by atoms with van der Waals surface area (Å²) in [6.07, 6.45) is 5.74. The zero-order valence-electron chi connectivity index (χ0n) is 12.4. The highest BCUT2D eigenvalue weighted by molar-refractivity contribution is 7.98. The molecule has 0 spiro atoms. The molecule has 1 aliphatic rings. The van der Waals surface area contributed by atoms with Crippen molar-refractivity contribution in [2.75, 3.05) is 31.6 Å². The summed E-state index contributed by atoms with van der Waals surface area (Å²) in [6.45, 7) is 9.58. The van der Waals surface area contributed by atoms with E-state index >= 15 is 0 Å². The van der Waals surface area contributed by atoms with Crippen LogP contribution in [0.3, 0.4) is 0 Å². The molecule has 0 aromatic carbocycles. The largest absolute Gasteiger partial charge is 0.388 e. The van der Waals surface area contributed by atoms with E-state index in [1.807, 2.05) is 13.2 Å². The third kappa shape index (κ3) is 5.91. The van der Waals surface area contributed by atoms with Gasteiger partial charge in [0.2, 0.25) is 0 Å². The molecule has 1 fully saturated rings. The molecule has 3 nitrogen and oxygen atoms in total. The maximum Gasteiger partial charge on any atom is 0.0833 e. The quantitative estimate of drug-likeness (QED) is 0.776. The van der Waals surface area contributed by atoms with Crippen LogP contribution >= 0.6 is 11.8 Å². The molecular weight excluding hydrogens is 244 g/mol. The Hall–Kier alpha value is 0.230. The predicted molar refractivity (Wildman–Crippen MR) is 81.4 cm³/mol. The molecule has 1 heterocycles. The summed E-state index contributed by atoms with van der Waals surface area (Å²) in [5.41, 5.74) is -0.580. The second-order valence-electron chi connectivity index (χ2n) is 6.07. The van der Waals surface area contributed by atoms with Crippen LogP contribution in [0.1, 0.15) is 40.0 Å². The molecular formula is C14H30N2OS. The molecule has 4 heteroatoms. The Balaban J connectivity index is 2.31. The van der Waals surface area contributed by atoms with Crippen LogP contribution in [0.5, 0.6) is 0 Å². The summed E-state index contributed by atoms with van der Waals surface area (Å²) < 4.78 is 0. The molecule has 108 valence electrons. The van der Waals surface area contributed by atoms with Crippen molar-refractivity contribution < 1.29 is 5.11 Å². The second-order valence-corrected chi connectivity index (χ2v) is 6.93. The van der Waals surface area contributed by atoms with Gasteiger partial charge in [0.15, 0.2) is 0 Å². The molecule has 2 unspecified atom stereocenters. The number of likely N-dealkylation sites (tertiary alicyclic amines) is 1. The number of hydrogen-bond donors (Lipinski definition) is 2. The van der Waals surface area contributed by atoms with Gasteiger partial charge in [-0.3, -0.25) is 0 Å². The van der Waals surface area contributed by atoms with Crippen LogP contribution in [0, 0.1) is 0 Å². The number of rotatable bonds is 6. The van der Waals surface area contributed by atoms with Crippen molar-refractivity contribution in [2.24, 2.45) is 0 Å². The molecule has 2 N–H and O–H groups in total. The van der Waals surface area contributed by atoms with E-state index in [1.54, 1.807) is 11.8 Å². The van der Waals surface area contributed by atoms with Crippen LogP contribution in [-0.2, 0) is 0 Å². The molecule has 0 bridgehead atoms. The molecule has 0 radical (unpaired) electrons. The van der Waals surface area contributed by atoms with Gasteiger partial charge in [-0.25, -0.2) is 0 Å². The van der Waals surface area contributed by atoms with Crippen molar-refractivity contribution in [3.8, 4) is 0 Å². The summed E-state index contributed by atoms with van der Waals surface area (Å²) in [5, 5.41) is 13.7. The van der Waals surface area contributed by atoms with E-state index in [-0.39, 0.29) is 0 Å². The zero-order chi connectivity index (χ0) is 13.6. The second kappa shape index (κ2) is 7.73. The maximum atomic E-state index is 10.2. The first-order chi connectivity index (χ1) is 8.44. The molecule has 0 saturated carbocycles. The smallest absolute Gasteiger partial charge is 0.0833 e. The minimum atomic E-state index is -0.580.